The first-order valence-electron chi connectivity index (χ1n) is 9.69. The average Bonchev–Trinajstić information content (AvgIpc) is 2.80. The van der Waals surface area contributed by atoms with Gasteiger partial charge in [0.25, 0.3) is 0 Å². The molecule has 4 aromatic rings. The summed E-state index contributed by atoms with van der Waals surface area (Å²) in [6, 6.07) is 18.6. The number of esters is 1. The molecule has 0 spiro atoms. The number of phenols is 1. The van der Waals surface area contributed by atoms with Crippen LogP contribution < -0.4 is 5.43 Å². The third-order valence-electron chi connectivity index (χ3n) is 4.63. The number of pyridine rings is 1. The molecule has 4 rings (SSSR count). The molecule has 0 aliphatic rings. The Morgan fingerprint density at radius 2 is 1.77 bits per heavy atom. The van der Waals surface area contributed by atoms with Crippen LogP contribution in [0.25, 0.3) is 34.0 Å². The van der Waals surface area contributed by atoms with Crippen LogP contribution in [0.3, 0.4) is 0 Å². The lowest BCUT2D eigenvalue weighted by Gasteiger charge is -2.12. The molecule has 0 amide bonds. The SMILES string of the molecule is CCOC(=O)c1c(-c2ccccc2)[nH]c(-c2ccnc(-c3ccc(O)cc3)n2)cc1=O. The van der Waals surface area contributed by atoms with Crippen molar-refractivity contribution in [2.45, 2.75) is 6.92 Å². The molecule has 0 aliphatic heterocycles. The number of H-pyrrole nitrogens is 1. The van der Waals surface area contributed by atoms with Crippen LogP contribution in [0, 0.1) is 0 Å². The lowest BCUT2D eigenvalue weighted by atomic mass is 10.0. The zero-order chi connectivity index (χ0) is 21.8. The van der Waals surface area contributed by atoms with Crippen molar-refractivity contribution in [3.8, 4) is 39.8 Å². The first kappa shape index (κ1) is 20.0. The number of rotatable bonds is 5. The highest BCUT2D eigenvalue weighted by atomic mass is 16.5. The maximum Gasteiger partial charge on any atom is 0.344 e. The maximum atomic E-state index is 12.9. The van der Waals surface area contributed by atoms with Gasteiger partial charge in [0.1, 0.15) is 11.3 Å². The van der Waals surface area contributed by atoms with E-state index in [9.17, 15) is 14.7 Å². The zero-order valence-corrected chi connectivity index (χ0v) is 16.7. The molecule has 2 aromatic heterocycles. The van der Waals surface area contributed by atoms with Crippen molar-refractivity contribution in [3.05, 3.63) is 88.7 Å². The molecular formula is C24H19N3O4. The molecule has 7 nitrogen and oxygen atoms in total. The number of hydrogen-bond acceptors (Lipinski definition) is 6. The number of carbonyl (C=O) groups is 1. The van der Waals surface area contributed by atoms with Gasteiger partial charge in [-0.2, -0.15) is 0 Å². The second-order valence-electron chi connectivity index (χ2n) is 6.70. The number of hydrogen-bond donors (Lipinski definition) is 2. The third-order valence-corrected chi connectivity index (χ3v) is 4.63. The van der Waals surface area contributed by atoms with Crippen molar-refractivity contribution >= 4 is 5.97 Å². The summed E-state index contributed by atoms with van der Waals surface area (Å²) in [7, 11) is 0. The Labute approximate surface area is 178 Å². The number of carbonyl (C=O) groups excluding carboxylic acids is 1. The first-order valence-corrected chi connectivity index (χ1v) is 9.69. The summed E-state index contributed by atoms with van der Waals surface area (Å²) in [5.41, 5.74) is 2.18. The largest absolute Gasteiger partial charge is 0.508 e. The fourth-order valence-corrected chi connectivity index (χ4v) is 3.18. The number of aromatic nitrogens is 3. The number of nitrogens with zero attached hydrogens (tertiary/aromatic N) is 2. The Morgan fingerprint density at radius 1 is 1.03 bits per heavy atom. The second-order valence-corrected chi connectivity index (χ2v) is 6.70. The van der Waals surface area contributed by atoms with E-state index in [1.54, 1.807) is 55.6 Å². The third kappa shape index (κ3) is 4.20. The van der Waals surface area contributed by atoms with E-state index in [2.05, 4.69) is 15.0 Å². The van der Waals surface area contributed by atoms with E-state index >= 15 is 0 Å². The second kappa shape index (κ2) is 8.62. The van der Waals surface area contributed by atoms with E-state index in [0.717, 1.165) is 0 Å². The summed E-state index contributed by atoms with van der Waals surface area (Å²) in [6.45, 7) is 1.85. The predicted molar refractivity (Wildman–Crippen MR) is 117 cm³/mol. The van der Waals surface area contributed by atoms with Gasteiger partial charge in [0, 0.05) is 17.8 Å². The normalized spacial score (nSPS) is 10.6. The molecule has 0 saturated heterocycles. The van der Waals surface area contributed by atoms with Gasteiger partial charge < -0.3 is 14.8 Å². The number of nitrogens with one attached hydrogen (secondary N) is 1. The van der Waals surface area contributed by atoms with E-state index < -0.39 is 11.4 Å². The summed E-state index contributed by atoms with van der Waals surface area (Å²) in [4.78, 5) is 37.4. The average molecular weight is 413 g/mol. The van der Waals surface area contributed by atoms with Gasteiger partial charge in [0.05, 0.1) is 23.7 Å². The van der Waals surface area contributed by atoms with Crippen LogP contribution >= 0.6 is 0 Å². The molecule has 154 valence electrons. The van der Waals surface area contributed by atoms with Crippen molar-refractivity contribution in [1.82, 2.24) is 15.0 Å². The molecule has 0 saturated carbocycles. The molecule has 0 unspecified atom stereocenters. The lowest BCUT2D eigenvalue weighted by molar-refractivity contribution is 0.0525. The van der Waals surface area contributed by atoms with E-state index in [4.69, 9.17) is 4.74 Å². The Morgan fingerprint density at radius 3 is 2.48 bits per heavy atom. The Hall–Kier alpha value is -4.26. The smallest absolute Gasteiger partial charge is 0.344 e. The van der Waals surface area contributed by atoms with E-state index in [1.807, 2.05) is 18.2 Å². The van der Waals surface area contributed by atoms with Crippen LogP contribution in [0.1, 0.15) is 17.3 Å². The molecule has 0 radical (unpaired) electrons. The minimum absolute atomic E-state index is 0.0513. The predicted octanol–water partition coefficient (Wildman–Crippen LogP) is 4.05. The van der Waals surface area contributed by atoms with Crippen LogP contribution in [-0.4, -0.2) is 32.6 Å². The van der Waals surface area contributed by atoms with E-state index in [-0.39, 0.29) is 17.9 Å². The summed E-state index contributed by atoms with van der Waals surface area (Å²) in [6.07, 6.45) is 1.59. The first-order chi connectivity index (χ1) is 15.1. The van der Waals surface area contributed by atoms with Crippen molar-refractivity contribution < 1.29 is 14.6 Å². The van der Waals surface area contributed by atoms with Crippen LogP contribution in [0.5, 0.6) is 5.75 Å². The van der Waals surface area contributed by atoms with Crippen molar-refractivity contribution in [2.75, 3.05) is 6.61 Å². The summed E-state index contributed by atoms with van der Waals surface area (Å²) >= 11 is 0. The van der Waals surface area contributed by atoms with Gasteiger partial charge in [-0.25, -0.2) is 14.8 Å². The molecule has 0 aliphatic carbocycles. The fourth-order valence-electron chi connectivity index (χ4n) is 3.18. The fraction of sp³-hybridized carbons (Fsp3) is 0.0833. The highest BCUT2D eigenvalue weighted by Gasteiger charge is 2.21. The molecule has 0 bridgehead atoms. The molecular weight excluding hydrogens is 394 g/mol. The van der Waals surface area contributed by atoms with Crippen LogP contribution in [-0.2, 0) is 4.74 Å². The van der Waals surface area contributed by atoms with Crippen molar-refractivity contribution in [2.24, 2.45) is 0 Å². The summed E-state index contributed by atoms with van der Waals surface area (Å²) < 4.78 is 5.10. The molecule has 0 fully saturated rings. The number of phenolic OH excluding ortho intramolecular Hbond substituents is 1. The highest BCUT2D eigenvalue weighted by molar-refractivity contribution is 5.96. The summed E-state index contributed by atoms with van der Waals surface area (Å²) in [5, 5.41) is 9.50. The highest BCUT2D eigenvalue weighted by Crippen LogP contribution is 2.25. The monoisotopic (exact) mass is 413 g/mol. The van der Waals surface area contributed by atoms with Gasteiger partial charge in [-0.3, -0.25) is 4.79 Å². The van der Waals surface area contributed by atoms with E-state index in [0.29, 0.717) is 34.0 Å². The number of aromatic amines is 1. The van der Waals surface area contributed by atoms with Crippen LogP contribution in [0.15, 0.2) is 77.7 Å². The molecule has 2 N–H and O–H groups in total. The maximum absolute atomic E-state index is 12.9. The van der Waals surface area contributed by atoms with Crippen molar-refractivity contribution in [3.63, 3.8) is 0 Å². The standard InChI is InChI=1S/C24H19N3O4/c1-2-31-24(30)21-20(29)14-19(26-22(21)15-6-4-3-5-7-15)18-12-13-25-23(27-18)16-8-10-17(28)11-9-16/h3-14,28H,2H2,1H3,(H,26,29). The van der Waals surface area contributed by atoms with Crippen LogP contribution in [0.2, 0.25) is 0 Å². The van der Waals surface area contributed by atoms with Gasteiger partial charge in [0.2, 0.25) is 0 Å². The van der Waals surface area contributed by atoms with Gasteiger partial charge in [-0.1, -0.05) is 30.3 Å². The van der Waals surface area contributed by atoms with Gasteiger partial charge in [0.15, 0.2) is 11.3 Å². The minimum Gasteiger partial charge on any atom is -0.508 e. The lowest BCUT2D eigenvalue weighted by Crippen LogP contribution is -2.20. The summed E-state index contributed by atoms with van der Waals surface area (Å²) in [5.74, 6) is -0.0954. The Bertz CT molecular complexity index is 1280. The molecule has 7 heteroatoms. The van der Waals surface area contributed by atoms with E-state index in [1.165, 1.54) is 6.07 Å². The number of benzene rings is 2. The van der Waals surface area contributed by atoms with Gasteiger partial charge in [-0.05, 0) is 42.8 Å². The molecule has 31 heavy (non-hydrogen) atoms. The number of ether oxygens (including phenoxy) is 1. The van der Waals surface area contributed by atoms with Crippen molar-refractivity contribution in [1.29, 1.82) is 0 Å². The Balaban J connectivity index is 1.86. The van der Waals surface area contributed by atoms with Gasteiger partial charge in [-0.15, -0.1) is 0 Å². The molecule has 0 atom stereocenters. The zero-order valence-electron chi connectivity index (χ0n) is 16.7. The molecule has 2 aromatic carbocycles. The quantitative estimate of drug-likeness (QED) is 0.478. The number of aromatic hydroxyl groups is 1. The Kier molecular flexibility index (Phi) is 5.57. The topological polar surface area (TPSA) is 105 Å². The van der Waals surface area contributed by atoms with Crippen LogP contribution in [0.4, 0.5) is 0 Å². The van der Waals surface area contributed by atoms with Gasteiger partial charge >= 0.3 is 5.97 Å². The minimum atomic E-state index is -0.679. The molecule has 2 heterocycles.